The Kier molecular flexibility index (Phi) is 3.12. The summed E-state index contributed by atoms with van der Waals surface area (Å²) >= 11 is 0. The lowest BCUT2D eigenvalue weighted by atomic mass is 9.64. The van der Waals surface area contributed by atoms with E-state index in [1.54, 1.807) is 19.1 Å². The lowest BCUT2D eigenvalue weighted by Crippen LogP contribution is -2.42. The van der Waals surface area contributed by atoms with Gasteiger partial charge in [-0.25, -0.2) is 0 Å². The molecule has 2 N–H and O–H groups in total. The molecule has 0 saturated heterocycles. The number of rotatable bonds is 3. The summed E-state index contributed by atoms with van der Waals surface area (Å²) in [4.78, 5) is 22.3. The molecular formula is C15H18O4. The lowest BCUT2D eigenvalue weighted by Gasteiger charge is -2.38. The van der Waals surface area contributed by atoms with Crippen LogP contribution >= 0.6 is 0 Å². The third-order valence-corrected chi connectivity index (χ3v) is 4.84. The van der Waals surface area contributed by atoms with Gasteiger partial charge in [0.15, 0.2) is 6.29 Å². The van der Waals surface area contributed by atoms with E-state index >= 15 is 0 Å². The SMILES string of the molecule is C[C@]1(C(=O)O)CCC[C@]1(C)c1ccc(C=O)c(O)c1. The number of hydrogen-bond acceptors (Lipinski definition) is 3. The van der Waals surface area contributed by atoms with Crippen LogP contribution in [0.3, 0.4) is 0 Å². The van der Waals surface area contributed by atoms with Crippen molar-refractivity contribution in [2.45, 2.75) is 38.5 Å². The first-order chi connectivity index (χ1) is 8.85. The molecule has 19 heavy (non-hydrogen) atoms. The van der Waals surface area contributed by atoms with Gasteiger partial charge < -0.3 is 10.2 Å². The Labute approximate surface area is 112 Å². The van der Waals surface area contributed by atoms with Crippen LogP contribution in [0.25, 0.3) is 0 Å². The average molecular weight is 262 g/mol. The fourth-order valence-corrected chi connectivity index (χ4v) is 3.14. The highest BCUT2D eigenvalue weighted by atomic mass is 16.4. The Bertz CT molecular complexity index is 537. The van der Waals surface area contributed by atoms with Crippen LogP contribution in [0.15, 0.2) is 18.2 Å². The highest BCUT2D eigenvalue weighted by molar-refractivity contribution is 5.80. The molecule has 1 fully saturated rings. The number of phenolic OH excluding ortho intramolecular Hbond substituents is 1. The zero-order chi connectivity index (χ0) is 14.3. The number of aldehydes is 1. The second kappa shape index (κ2) is 4.37. The molecule has 0 heterocycles. The number of aromatic hydroxyl groups is 1. The summed E-state index contributed by atoms with van der Waals surface area (Å²) in [5.74, 6) is -0.903. The van der Waals surface area contributed by atoms with Crippen molar-refractivity contribution in [1.29, 1.82) is 0 Å². The summed E-state index contributed by atoms with van der Waals surface area (Å²) in [5, 5.41) is 19.3. The maximum absolute atomic E-state index is 11.6. The molecule has 4 heteroatoms. The lowest BCUT2D eigenvalue weighted by molar-refractivity contribution is -0.150. The van der Waals surface area contributed by atoms with Crippen LogP contribution < -0.4 is 0 Å². The first-order valence-electron chi connectivity index (χ1n) is 6.37. The van der Waals surface area contributed by atoms with Gasteiger partial charge in [-0.2, -0.15) is 0 Å². The van der Waals surface area contributed by atoms with Gasteiger partial charge in [-0.05, 0) is 37.5 Å². The first kappa shape index (κ1) is 13.6. The van der Waals surface area contributed by atoms with Crippen molar-refractivity contribution in [2.75, 3.05) is 0 Å². The van der Waals surface area contributed by atoms with Crippen LogP contribution in [0, 0.1) is 5.41 Å². The zero-order valence-corrected chi connectivity index (χ0v) is 11.1. The van der Waals surface area contributed by atoms with E-state index in [9.17, 15) is 19.8 Å². The number of phenols is 1. The predicted octanol–water partition coefficient (Wildman–Crippen LogP) is 2.74. The van der Waals surface area contributed by atoms with Gasteiger partial charge in [-0.3, -0.25) is 9.59 Å². The Morgan fingerprint density at radius 1 is 1.32 bits per heavy atom. The van der Waals surface area contributed by atoms with Gasteiger partial charge in [0.1, 0.15) is 5.75 Å². The fourth-order valence-electron chi connectivity index (χ4n) is 3.14. The summed E-state index contributed by atoms with van der Waals surface area (Å²) < 4.78 is 0. The Hall–Kier alpha value is -1.84. The van der Waals surface area contributed by atoms with E-state index in [0.717, 1.165) is 18.4 Å². The molecule has 1 aliphatic rings. The van der Waals surface area contributed by atoms with Crippen molar-refractivity contribution >= 4 is 12.3 Å². The maximum Gasteiger partial charge on any atom is 0.310 e. The van der Waals surface area contributed by atoms with Gasteiger partial charge in [-0.1, -0.05) is 19.4 Å². The van der Waals surface area contributed by atoms with Crippen molar-refractivity contribution in [3.8, 4) is 5.75 Å². The topological polar surface area (TPSA) is 74.6 Å². The largest absolute Gasteiger partial charge is 0.507 e. The van der Waals surface area contributed by atoms with Crippen LogP contribution in [-0.2, 0) is 10.2 Å². The van der Waals surface area contributed by atoms with E-state index in [0.29, 0.717) is 12.7 Å². The molecule has 0 unspecified atom stereocenters. The van der Waals surface area contributed by atoms with Crippen molar-refractivity contribution in [3.63, 3.8) is 0 Å². The van der Waals surface area contributed by atoms with Crippen molar-refractivity contribution in [2.24, 2.45) is 5.41 Å². The summed E-state index contributed by atoms with van der Waals surface area (Å²) in [6.07, 6.45) is 2.81. The molecule has 4 nitrogen and oxygen atoms in total. The molecule has 1 aromatic carbocycles. The van der Waals surface area contributed by atoms with Gasteiger partial charge in [0.2, 0.25) is 0 Å². The van der Waals surface area contributed by atoms with Crippen LogP contribution in [0.1, 0.15) is 49.0 Å². The van der Waals surface area contributed by atoms with Crippen LogP contribution in [0.2, 0.25) is 0 Å². The summed E-state index contributed by atoms with van der Waals surface area (Å²) in [6.45, 7) is 3.68. The van der Waals surface area contributed by atoms with Gasteiger partial charge in [0, 0.05) is 5.41 Å². The smallest absolute Gasteiger partial charge is 0.310 e. The minimum atomic E-state index is -0.845. The van der Waals surface area contributed by atoms with Crippen molar-refractivity contribution in [3.05, 3.63) is 29.3 Å². The molecule has 1 aliphatic carbocycles. The number of benzene rings is 1. The van der Waals surface area contributed by atoms with E-state index in [1.165, 1.54) is 6.07 Å². The molecule has 0 aliphatic heterocycles. The molecule has 0 amide bonds. The third-order valence-electron chi connectivity index (χ3n) is 4.84. The third kappa shape index (κ3) is 1.82. The molecule has 2 atom stereocenters. The number of carboxylic acids is 1. The van der Waals surface area contributed by atoms with E-state index in [4.69, 9.17) is 0 Å². The van der Waals surface area contributed by atoms with Crippen LogP contribution in [0.4, 0.5) is 0 Å². The first-order valence-corrected chi connectivity index (χ1v) is 6.37. The molecule has 0 bridgehead atoms. The Morgan fingerprint density at radius 3 is 2.53 bits per heavy atom. The summed E-state index contributed by atoms with van der Waals surface area (Å²) in [5.41, 5.74) is -0.375. The monoisotopic (exact) mass is 262 g/mol. The minimum Gasteiger partial charge on any atom is -0.507 e. The molecule has 0 spiro atoms. The molecule has 102 valence electrons. The number of aliphatic carboxylic acids is 1. The fraction of sp³-hybridized carbons (Fsp3) is 0.467. The standard InChI is InChI=1S/C15H18O4/c1-14(6-3-7-15(14,2)13(18)19)11-5-4-10(9-16)12(17)8-11/h4-5,8-9,17H,3,6-7H2,1-2H3,(H,18,19)/t14-,15-/m1/s1. The van der Waals surface area contributed by atoms with Crippen LogP contribution in [0.5, 0.6) is 5.75 Å². The number of carbonyl (C=O) groups excluding carboxylic acids is 1. The highest BCUT2D eigenvalue weighted by Gasteiger charge is 2.54. The predicted molar refractivity (Wildman–Crippen MR) is 70.4 cm³/mol. The van der Waals surface area contributed by atoms with E-state index in [1.807, 2.05) is 6.92 Å². The molecular weight excluding hydrogens is 244 g/mol. The summed E-state index contributed by atoms with van der Waals surface area (Å²) in [7, 11) is 0. The van der Waals surface area contributed by atoms with E-state index in [-0.39, 0.29) is 11.3 Å². The van der Waals surface area contributed by atoms with Gasteiger partial charge in [0.25, 0.3) is 0 Å². The minimum absolute atomic E-state index is 0.0895. The Morgan fingerprint density at radius 2 is 2.00 bits per heavy atom. The number of carboxylic acid groups (broad SMARTS) is 1. The zero-order valence-electron chi connectivity index (χ0n) is 11.1. The number of carbonyl (C=O) groups is 2. The maximum atomic E-state index is 11.6. The van der Waals surface area contributed by atoms with E-state index in [2.05, 4.69) is 0 Å². The second-order valence-electron chi connectivity index (χ2n) is 5.71. The quantitative estimate of drug-likeness (QED) is 0.821. The number of hydrogen-bond donors (Lipinski definition) is 2. The van der Waals surface area contributed by atoms with Gasteiger partial charge >= 0.3 is 5.97 Å². The molecule has 1 saturated carbocycles. The van der Waals surface area contributed by atoms with Gasteiger partial charge in [-0.15, -0.1) is 0 Å². The van der Waals surface area contributed by atoms with E-state index < -0.39 is 16.8 Å². The molecule has 0 aromatic heterocycles. The van der Waals surface area contributed by atoms with Crippen molar-refractivity contribution in [1.82, 2.24) is 0 Å². The molecule has 0 radical (unpaired) electrons. The Balaban J connectivity index is 2.53. The second-order valence-corrected chi connectivity index (χ2v) is 5.71. The van der Waals surface area contributed by atoms with Crippen LogP contribution in [-0.4, -0.2) is 22.5 Å². The summed E-state index contributed by atoms with van der Waals surface area (Å²) in [6, 6.07) is 4.82. The normalized spacial score (nSPS) is 30.2. The highest BCUT2D eigenvalue weighted by Crippen LogP contribution is 2.54. The molecule has 1 aromatic rings. The molecule has 2 rings (SSSR count). The van der Waals surface area contributed by atoms with Crippen molar-refractivity contribution < 1.29 is 19.8 Å². The average Bonchev–Trinajstić information content (AvgIpc) is 2.68. The van der Waals surface area contributed by atoms with Gasteiger partial charge in [0.05, 0.1) is 11.0 Å².